The second kappa shape index (κ2) is 5.40. The standard InChI is InChI=1S/C16H20FNO/c17-15-8-14(9-18-10-15)16(19)13-6-5-11-3-1-2-4-12(11)7-13/h8-13H,1-7H2. The van der Waals surface area contributed by atoms with Gasteiger partial charge in [0.15, 0.2) is 5.78 Å². The molecule has 0 radical (unpaired) electrons. The summed E-state index contributed by atoms with van der Waals surface area (Å²) in [6.07, 6.45) is 11.1. The Bertz CT molecular complexity index is 474. The van der Waals surface area contributed by atoms with Gasteiger partial charge in [-0.1, -0.05) is 25.7 Å². The smallest absolute Gasteiger partial charge is 0.167 e. The lowest BCUT2D eigenvalue weighted by Crippen LogP contribution is -2.31. The van der Waals surface area contributed by atoms with E-state index in [9.17, 15) is 9.18 Å². The highest BCUT2D eigenvalue weighted by molar-refractivity contribution is 5.97. The Labute approximate surface area is 113 Å². The van der Waals surface area contributed by atoms with Crippen molar-refractivity contribution in [3.05, 3.63) is 29.8 Å². The summed E-state index contributed by atoms with van der Waals surface area (Å²) in [6.45, 7) is 0. The van der Waals surface area contributed by atoms with Crippen LogP contribution in [0.5, 0.6) is 0 Å². The zero-order valence-electron chi connectivity index (χ0n) is 11.1. The van der Waals surface area contributed by atoms with Gasteiger partial charge in [-0.25, -0.2) is 4.39 Å². The van der Waals surface area contributed by atoms with E-state index in [4.69, 9.17) is 0 Å². The first-order valence-electron chi connectivity index (χ1n) is 7.39. The van der Waals surface area contributed by atoms with Crippen LogP contribution in [0.4, 0.5) is 4.39 Å². The van der Waals surface area contributed by atoms with Crippen LogP contribution in [0.15, 0.2) is 18.5 Å². The first-order valence-corrected chi connectivity index (χ1v) is 7.39. The number of hydrogen-bond donors (Lipinski definition) is 0. The minimum absolute atomic E-state index is 0.0861. The molecule has 3 heteroatoms. The SMILES string of the molecule is O=C(c1cncc(F)c1)C1CCC2CCCCC2C1. The molecule has 0 N–H and O–H groups in total. The van der Waals surface area contributed by atoms with Crippen LogP contribution in [0.1, 0.15) is 55.3 Å². The van der Waals surface area contributed by atoms with Gasteiger partial charge in [-0.3, -0.25) is 9.78 Å². The van der Waals surface area contributed by atoms with Gasteiger partial charge in [0.25, 0.3) is 0 Å². The molecule has 0 aliphatic heterocycles. The maximum Gasteiger partial charge on any atom is 0.167 e. The molecule has 0 spiro atoms. The highest BCUT2D eigenvalue weighted by Crippen LogP contribution is 2.43. The van der Waals surface area contributed by atoms with Crippen molar-refractivity contribution in [2.75, 3.05) is 0 Å². The number of ketones is 1. The van der Waals surface area contributed by atoms with E-state index in [0.717, 1.165) is 30.9 Å². The van der Waals surface area contributed by atoms with E-state index in [1.807, 2.05) is 0 Å². The lowest BCUT2D eigenvalue weighted by molar-refractivity contribution is 0.0762. The molecule has 1 aromatic heterocycles. The van der Waals surface area contributed by atoms with Crippen molar-refractivity contribution < 1.29 is 9.18 Å². The summed E-state index contributed by atoms with van der Waals surface area (Å²) >= 11 is 0. The van der Waals surface area contributed by atoms with Gasteiger partial charge >= 0.3 is 0 Å². The van der Waals surface area contributed by atoms with Crippen molar-refractivity contribution in [3.63, 3.8) is 0 Å². The van der Waals surface area contributed by atoms with Gasteiger partial charge in [0.05, 0.1) is 6.20 Å². The lowest BCUT2D eigenvalue weighted by Gasteiger charge is -2.38. The van der Waals surface area contributed by atoms with Crippen LogP contribution in [-0.4, -0.2) is 10.8 Å². The molecule has 0 saturated heterocycles. The zero-order valence-corrected chi connectivity index (χ0v) is 11.1. The normalized spacial score (nSPS) is 30.7. The Balaban J connectivity index is 1.71. The predicted molar refractivity (Wildman–Crippen MR) is 71.3 cm³/mol. The molecular formula is C16H20FNO. The number of hydrogen-bond acceptors (Lipinski definition) is 2. The molecule has 2 aliphatic rings. The molecule has 102 valence electrons. The van der Waals surface area contributed by atoms with E-state index in [2.05, 4.69) is 4.98 Å². The summed E-state index contributed by atoms with van der Waals surface area (Å²) in [5.41, 5.74) is 0.444. The first-order chi connectivity index (χ1) is 9.24. The van der Waals surface area contributed by atoms with Gasteiger partial charge in [-0.15, -0.1) is 0 Å². The third-order valence-electron chi connectivity index (χ3n) is 4.90. The fraction of sp³-hybridized carbons (Fsp3) is 0.625. The third-order valence-corrected chi connectivity index (χ3v) is 4.90. The largest absolute Gasteiger partial charge is 0.294 e. The Morgan fingerprint density at radius 3 is 2.68 bits per heavy atom. The highest BCUT2D eigenvalue weighted by Gasteiger charge is 2.35. The van der Waals surface area contributed by atoms with Crippen molar-refractivity contribution >= 4 is 5.78 Å². The number of rotatable bonds is 2. The molecule has 3 unspecified atom stereocenters. The van der Waals surface area contributed by atoms with Gasteiger partial charge in [-0.05, 0) is 37.2 Å². The van der Waals surface area contributed by atoms with Crippen LogP contribution in [0.2, 0.25) is 0 Å². The summed E-state index contributed by atoms with van der Waals surface area (Å²) in [6, 6.07) is 1.32. The maximum atomic E-state index is 13.1. The molecule has 1 aromatic rings. The van der Waals surface area contributed by atoms with Gasteiger partial charge in [0, 0.05) is 17.7 Å². The van der Waals surface area contributed by atoms with E-state index in [0.29, 0.717) is 5.56 Å². The Kier molecular flexibility index (Phi) is 3.63. The molecule has 1 heterocycles. The Hall–Kier alpha value is -1.25. The average molecular weight is 261 g/mol. The van der Waals surface area contributed by atoms with Crippen molar-refractivity contribution in [2.45, 2.75) is 44.9 Å². The van der Waals surface area contributed by atoms with Gasteiger partial charge < -0.3 is 0 Å². The quantitative estimate of drug-likeness (QED) is 0.753. The highest BCUT2D eigenvalue weighted by atomic mass is 19.1. The number of carbonyl (C=O) groups is 1. The van der Waals surface area contributed by atoms with Crippen LogP contribution < -0.4 is 0 Å². The van der Waals surface area contributed by atoms with Crippen LogP contribution in [0, 0.1) is 23.6 Å². The average Bonchev–Trinajstić information content (AvgIpc) is 2.46. The first kappa shape index (κ1) is 12.8. The topological polar surface area (TPSA) is 30.0 Å². The van der Waals surface area contributed by atoms with E-state index in [1.165, 1.54) is 44.4 Å². The zero-order chi connectivity index (χ0) is 13.2. The van der Waals surface area contributed by atoms with Crippen LogP contribution >= 0.6 is 0 Å². The van der Waals surface area contributed by atoms with Crippen molar-refractivity contribution in [1.29, 1.82) is 0 Å². The van der Waals surface area contributed by atoms with Crippen molar-refractivity contribution in [2.24, 2.45) is 17.8 Å². The number of carbonyl (C=O) groups excluding carboxylic acids is 1. The molecule has 0 aromatic carbocycles. The Morgan fingerprint density at radius 1 is 1.11 bits per heavy atom. The molecule has 2 aliphatic carbocycles. The van der Waals surface area contributed by atoms with Crippen molar-refractivity contribution in [1.82, 2.24) is 4.98 Å². The summed E-state index contributed by atoms with van der Waals surface area (Å²) in [5.74, 6) is 1.32. The predicted octanol–water partition coefficient (Wildman–Crippen LogP) is 4.01. The molecule has 0 amide bonds. The molecule has 0 bridgehead atoms. The number of Topliss-reactive ketones (excluding diaryl/α,β-unsaturated/α-hetero) is 1. The summed E-state index contributed by atoms with van der Waals surface area (Å²) in [4.78, 5) is 16.2. The molecular weight excluding hydrogens is 241 g/mol. The van der Waals surface area contributed by atoms with Crippen molar-refractivity contribution in [3.8, 4) is 0 Å². The molecule has 3 rings (SSSR count). The van der Waals surface area contributed by atoms with Crippen LogP contribution in [-0.2, 0) is 0 Å². The van der Waals surface area contributed by atoms with E-state index < -0.39 is 5.82 Å². The number of fused-ring (bicyclic) bond motifs is 1. The molecule has 3 atom stereocenters. The van der Waals surface area contributed by atoms with Gasteiger partial charge in [0.2, 0.25) is 0 Å². The number of pyridine rings is 1. The third kappa shape index (κ3) is 2.70. The summed E-state index contributed by atoms with van der Waals surface area (Å²) in [7, 11) is 0. The van der Waals surface area contributed by atoms with E-state index >= 15 is 0 Å². The van der Waals surface area contributed by atoms with Gasteiger partial charge in [-0.2, -0.15) is 0 Å². The number of aromatic nitrogens is 1. The number of halogens is 1. The second-order valence-corrected chi connectivity index (χ2v) is 6.07. The molecule has 2 saturated carbocycles. The summed E-state index contributed by atoms with van der Waals surface area (Å²) < 4.78 is 13.1. The van der Waals surface area contributed by atoms with Gasteiger partial charge in [0.1, 0.15) is 5.82 Å². The monoisotopic (exact) mass is 261 g/mol. The summed E-state index contributed by atoms with van der Waals surface area (Å²) in [5, 5.41) is 0. The second-order valence-electron chi connectivity index (χ2n) is 6.07. The fourth-order valence-corrected chi connectivity index (χ4v) is 3.89. The minimum Gasteiger partial charge on any atom is -0.294 e. The molecule has 2 fully saturated rings. The molecule has 2 nitrogen and oxygen atoms in total. The Morgan fingerprint density at radius 2 is 1.89 bits per heavy atom. The van der Waals surface area contributed by atoms with E-state index in [1.54, 1.807) is 0 Å². The van der Waals surface area contributed by atoms with Crippen LogP contribution in [0.25, 0.3) is 0 Å². The maximum absolute atomic E-state index is 13.1. The minimum atomic E-state index is -0.419. The fourth-order valence-electron chi connectivity index (χ4n) is 3.89. The molecule has 19 heavy (non-hydrogen) atoms. The number of nitrogens with zero attached hydrogens (tertiary/aromatic N) is 1. The lowest BCUT2D eigenvalue weighted by atomic mass is 9.66. The van der Waals surface area contributed by atoms with Crippen LogP contribution in [0.3, 0.4) is 0 Å². The van der Waals surface area contributed by atoms with E-state index in [-0.39, 0.29) is 11.7 Å².